The topological polar surface area (TPSA) is 49.4 Å². The maximum atomic E-state index is 11.2. The summed E-state index contributed by atoms with van der Waals surface area (Å²) in [5.74, 6) is 0.709. The minimum atomic E-state index is -2.73. The van der Waals surface area contributed by atoms with Crippen LogP contribution in [0.25, 0.3) is 0 Å². The number of nitrogens with one attached hydrogen (secondary N) is 1. The van der Waals surface area contributed by atoms with Crippen molar-refractivity contribution in [2.24, 2.45) is 0 Å². The molecule has 0 aromatic rings. The summed E-state index contributed by atoms with van der Waals surface area (Å²) in [4.78, 5) is 2.28. The van der Waals surface area contributed by atoms with Crippen molar-refractivity contribution in [1.82, 2.24) is 10.2 Å². The van der Waals surface area contributed by atoms with Crippen molar-refractivity contribution in [2.45, 2.75) is 24.9 Å². The molecule has 1 N–H and O–H groups in total. The van der Waals surface area contributed by atoms with E-state index in [1.54, 1.807) is 0 Å². The molecular weight excluding hydrogens is 200 g/mol. The van der Waals surface area contributed by atoms with Crippen LogP contribution in [0.5, 0.6) is 0 Å². The monoisotopic (exact) mass is 218 g/mol. The summed E-state index contributed by atoms with van der Waals surface area (Å²) in [6.07, 6.45) is 1.94. The molecule has 0 saturated carbocycles. The maximum absolute atomic E-state index is 11.2. The van der Waals surface area contributed by atoms with E-state index in [0.29, 0.717) is 17.5 Å². The molecule has 14 heavy (non-hydrogen) atoms. The van der Waals surface area contributed by atoms with Crippen LogP contribution < -0.4 is 5.32 Å². The summed E-state index contributed by atoms with van der Waals surface area (Å²) in [6, 6.07) is 0.704. The molecule has 2 aliphatic heterocycles. The molecule has 0 radical (unpaired) electrons. The third kappa shape index (κ3) is 2.46. The first kappa shape index (κ1) is 10.4. The standard InChI is InChI=1S/C9H18N2O2S/c1-11-4-2-8(6-11)10-9-3-5-14(12,13)7-9/h8-10H,2-7H2,1H3. The highest BCUT2D eigenvalue weighted by molar-refractivity contribution is 7.91. The average molecular weight is 218 g/mol. The molecule has 2 atom stereocenters. The molecule has 0 bridgehead atoms. The largest absolute Gasteiger partial charge is 0.309 e. The van der Waals surface area contributed by atoms with Crippen LogP contribution in [0.4, 0.5) is 0 Å². The van der Waals surface area contributed by atoms with Crippen molar-refractivity contribution in [3.8, 4) is 0 Å². The van der Waals surface area contributed by atoms with Gasteiger partial charge in [0.25, 0.3) is 0 Å². The number of sulfone groups is 1. The highest BCUT2D eigenvalue weighted by atomic mass is 32.2. The number of likely N-dealkylation sites (N-methyl/N-ethyl adjacent to an activating group) is 1. The van der Waals surface area contributed by atoms with Crippen molar-refractivity contribution >= 4 is 9.84 Å². The molecule has 0 aromatic carbocycles. The van der Waals surface area contributed by atoms with Gasteiger partial charge < -0.3 is 10.2 Å². The van der Waals surface area contributed by atoms with Crippen LogP contribution in [0.3, 0.4) is 0 Å². The summed E-state index contributed by atoms with van der Waals surface area (Å²) in [5.41, 5.74) is 0. The molecule has 82 valence electrons. The predicted octanol–water partition coefficient (Wildman–Crippen LogP) is -0.533. The van der Waals surface area contributed by atoms with Crippen LogP contribution >= 0.6 is 0 Å². The van der Waals surface area contributed by atoms with E-state index in [0.717, 1.165) is 25.9 Å². The Kier molecular flexibility index (Phi) is 2.81. The molecular formula is C9H18N2O2S. The van der Waals surface area contributed by atoms with Gasteiger partial charge in [0.05, 0.1) is 11.5 Å². The minimum absolute atomic E-state index is 0.205. The first-order valence-corrected chi connectivity index (χ1v) is 7.02. The van der Waals surface area contributed by atoms with Gasteiger partial charge in [0, 0.05) is 18.6 Å². The Labute approximate surface area is 85.6 Å². The molecule has 0 amide bonds. The van der Waals surface area contributed by atoms with E-state index in [-0.39, 0.29) is 6.04 Å². The second-order valence-corrected chi connectivity index (χ2v) is 6.74. The Hall–Kier alpha value is -0.130. The molecule has 5 heteroatoms. The van der Waals surface area contributed by atoms with Gasteiger partial charge in [-0.2, -0.15) is 0 Å². The molecule has 0 spiro atoms. The summed E-state index contributed by atoms with van der Waals surface area (Å²) in [7, 11) is -0.623. The van der Waals surface area contributed by atoms with Gasteiger partial charge in [-0.15, -0.1) is 0 Å². The number of hydrogen-bond acceptors (Lipinski definition) is 4. The Morgan fingerprint density at radius 3 is 2.57 bits per heavy atom. The van der Waals surface area contributed by atoms with Crippen LogP contribution in [-0.4, -0.2) is 57.0 Å². The Morgan fingerprint density at radius 1 is 1.29 bits per heavy atom. The van der Waals surface area contributed by atoms with Gasteiger partial charge in [-0.25, -0.2) is 8.42 Å². The summed E-state index contributed by atoms with van der Waals surface area (Å²) in [6.45, 7) is 2.17. The van der Waals surface area contributed by atoms with Gasteiger partial charge in [-0.1, -0.05) is 0 Å². The summed E-state index contributed by atoms with van der Waals surface area (Å²) in [5, 5.41) is 3.44. The van der Waals surface area contributed by atoms with E-state index in [2.05, 4.69) is 17.3 Å². The molecule has 2 heterocycles. The van der Waals surface area contributed by atoms with E-state index in [1.807, 2.05) is 0 Å². The van der Waals surface area contributed by atoms with Crippen LogP contribution in [0.1, 0.15) is 12.8 Å². The van der Waals surface area contributed by atoms with Gasteiger partial charge in [-0.3, -0.25) is 0 Å². The van der Waals surface area contributed by atoms with Gasteiger partial charge in [0.2, 0.25) is 0 Å². The molecule has 2 aliphatic rings. The maximum Gasteiger partial charge on any atom is 0.151 e. The van der Waals surface area contributed by atoms with Crippen molar-refractivity contribution in [1.29, 1.82) is 0 Å². The van der Waals surface area contributed by atoms with Crippen LogP contribution in [0, 0.1) is 0 Å². The van der Waals surface area contributed by atoms with E-state index in [4.69, 9.17) is 0 Å². The van der Waals surface area contributed by atoms with E-state index in [1.165, 1.54) is 0 Å². The number of nitrogens with zero attached hydrogens (tertiary/aromatic N) is 1. The Balaban J connectivity index is 1.82. The predicted molar refractivity (Wildman–Crippen MR) is 56.1 cm³/mol. The zero-order chi connectivity index (χ0) is 10.2. The molecule has 2 unspecified atom stereocenters. The second kappa shape index (κ2) is 3.79. The van der Waals surface area contributed by atoms with E-state index in [9.17, 15) is 8.42 Å². The summed E-state index contributed by atoms with van der Waals surface area (Å²) >= 11 is 0. The second-order valence-electron chi connectivity index (χ2n) is 4.51. The van der Waals surface area contributed by atoms with Gasteiger partial charge in [0.1, 0.15) is 0 Å². The van der Waals surface area contributed by atoms with Crippen molar-refractivity contribution in [3.63, 3.8) is 0 Å². The third-order valence-corrected chi connectivity index (χ3v) is 4.86. The minimum Gasteiger partial charge on any atom is -0.309 e. The number of likely N-dealkylation sites (tertiary alicyclic amines) is 1. The third-order valence-electron chi connectivity index (χ3n) is 3.10. The fourth-order valence-corrected chi connectivity index (χ4v) is 4.02. The lowest BCUT2D eigenvalue weighted by Gasteiger charge is -2.17. The van der Waals surface area contributed by atoms with E-state index < -0.39 is 9.84 Å². The molecule has 0 aliphatic carbocycles. The van der Waals surface area contributed by atoms with Crippen LogP contribution in [0.15, 0.2) is 0 Å². The Bertz CT molecular complexity index is 302. The van der Waals surface area contributed by atoms with Gasteiger partial charge in [0.15, 0.2) is 9.84 Å². The molecule has 2 fully saturated rings. The fourth-order valence-electron chi connectivity index (χ4n) is 2.33. The normalized spacial score (nSPS) is 37.8. The van der Waals surface area contributed by atoms with E-state index >= 15 is 0 Å². The first-order chi connectivity index (χ1) is 6.55. The van der Waals surface area contributed by atoms with Crippen molar-refractivity contribution in [2.75, 3.05) is 31.6 Å². The molecule has 2 rings (SSSR count). The molecule has 0 aromatic heterocycles. The summed E-state index contributed by atoms with van der Waals surface area (Å²) < 4.78 is 22.5. The zero-order valence-electron chi connectivity index (χ0n) is 8.57. The number of rotatable bonds is 2. The molecule has 2 saturated heterocycles. The first-order valence-electron chi connectivity index (χ1n) is 5.20. The van der Waals surface area contributed by atoms with Gasteiger partial charge >= 0.3 is 0 Å². The lowest BCUT2D eigenvalue weighted by atomic mass is 10.2. The fraction of sp³-hybridized carbons (Fsp3) is 1.00. The highest BCUT2D eigenvalue weighted by Gasteiger charge is 2.30. The SMILES string of the molecule is CN1CCC(NC2CCS(=O)(=O)C2)C1. The van der Waals surface area contributed by atoms with Gasteiger partial charge in [-0.05, 0) is 26.4 Å². The quantitative estimate of drug-likeness (QED) is 0.677. The van der Waals surface area contributed by atoms with Crippen molar-refractivity contribution < 1.29 is 8.42 Å². The van der Waals surface area contributed by atoms with Crippen LogP contribution in [0.2, 0.25) is 0 Å². The lowest BCUT2D eigenvalue weighted by molar-refractivity contribution is 0.386. The van der Waals surface area contributed by atoms with Crippen molar-refractivity contribution in [3.05, 3.63) is 0 Å². The average Bonchev–Trinajstić information content (AvgIpc) is 2.59. The highest BCUT2D eigenvalue weighted by Crippen LogP contribution is 2.14. The number of hydrogen-bond donors (Lipinski definition) is 1. The van der Waals surface area contributed by atoms with Crippen LogP contribution in [-0.2, 0) is 9.84 Å². The Morgan fingerprint density at radius 2 is 2.07 bits per heavy atom. The lowest BCUT2D eigenvalue weighted by Crippen LogP contribution is -2.40. The molecule has 4 nitrogen and oxygen atoms in total. The smallest absolute Gasteiger partial charge is 0.151 e. The zero-order valence-corrected chi connectivity index (χ0v) is 9.39.